The lowest BCUT2D eigenvalue weighted by Gasteiger charge is -2.32. The smallest absolute Gasteiger partial charge is 0.251 e. The molecule has 104 valence electrons. The molecule has 1 amide bonds. The zero-order valence-corrected chi connectivity index (χ0v) is 11.6. The van der Waals surface area contributed by atoms with E-state index in [1.807, 2.05) is 0 Å². The summed E-state index contributed by atoms with van der Waals surface area (Å²) in [4.78, 5) is 12.1. The summed E-state index contributed by atoms with van der Waals surface area (Å²) in [6, 6.07) is 6.22. The molecule has 1 aromatic rings. The lowest BCUT2D eigenvalue weighted by atomic mass is 9.81. The molecule has 0 heterocycles. The van der Waals surface area contributed by atoms with Crippen LogP contribution in [0.2, 0.25) is 0 Å². The van der Waals surface area contributed by atoms with E-state index in [1.54, 1.807) is 0 Å². The van der Waals surface area contributed by atoms with Crippen molar-refractivity contribution in [2.75, 3.05) is 12.8 Å². The Hall–Kier alpha value is -1.40. The number of nitrogens with two attached hydrogens (primary N) is 1. The van der Waals surface area contributed by atoms with Gasteiger partial charge in [-0.15, -0.1) is 0 Å². The molecule has 5 nitrogen and oxygen atoms in total. The molecule has 1 saturated carbocycles. The highest BCUT2D eigenvalue weighted by atomic mass is 32.2. The average molecular weight is 282 g/mol. The molecular weight excluding hydrogens is 264 g/mol. The molecule has 1 aliphatic rings. The van der Waals surface area contributed by atoms with Crippen molar-refractivity contribution >= 4 is 15.7 Å². The highest BCUT2D eigenvalue weighted by molar-refractivity contribution is 7.90. The maximum absolute atomic E-state index is 11.8. The Balaban J connectivity index is 1.92. The molecule has 3 N–H and O–H groups in total. The molecule has 6 heteroatoms. The first-order valence-electron chi connectivity index (χ1n) is 6.20. The standard InChI is InChI=1S/C13H18N2O3S/c1-19(17,18)12-4-2-10(3-5-12)13(16)15-8-9-6-11(14)7-9/h2-5,9,11H,6-8,14H2,1H3,(H,15,16). The maximum atomic E-state index is 11.8. The number of benzene rings is 1. The van der Waals surface area contributed by atoms with E-state index in [2.05, 4.69) is 5.32 Å². The van der Waals surface area contributed by atoms with Gasteiger partial charge in [-0.1, -0.05) is 0 Å². The van der Waals surface area contributed by atoms with Crippen molar-refractivity contribution in [3.05, 3.63) is 29.8 Å². The van der Waals surface area contributed by atoms with Crippen LogP contribution in [0, 0.1) is 5.92 Å². The minimum Gasteiger partial charge on any atom is -0.352 e. The molecule has 0 radical (unpaired) electrons. The Labute approximate surface area is 113 Å². The quantitative estimate of drug-likeness (QED) is 0.844. The summed E-state index contributed by atoms with van der Waals surface area (Å²) in [5.41, 5.74) is 6.14. The van der Waals surface area contributed by atoms with E-state index in [-0.39, 0.29) is 16.8 Å². The Morgan fingerprint density at radius 3 is 2.37 bits per heavy atom. The van der Waals surface area contributed by atoms with Crippen molar-refractivity contribution < 1.29 is 13.2 Å². The van der Waals surface area contributed by atoms with Gasteiger partial charge < -0.3 is 11.1 Å². The van der Waals surface area contributed by atoms with E-state index < -0.39 is 9.84 Å². The lowest BCUT2D eigenvalue weighted by molar-refractivity contribution is 0.0935. The third-order valence-electron chi connectivity index (χ3n) is 3.37. The number of carbonyl (C=O) groups is 1. The van der Waals surface area contributed by atoms with Crippen LogP contribution in [-0.2, 0) is 9.84 Å². The molecule has 1 fully saturated rings. The molecular formula is C13H18N2O3S. The van der Waals surface area contributed by atoms with Gasteiger partial charge >= 0.3 is 0 Å². The third kappa shape index (κ3) is 3.54. The van der Waals surface area contributed by atoms with Crippen molar-refractivity contribution in [3.63, 3.8) is 0 Å². The second-order valence-electron chi connectivity index (χ2n) is 5.10. The first kappa shape index (κ1) is 14.0. The van der Waals surface area contributed by atoms with Crippen LogP contribution in [0.25, 0.3) is 0 Å². The summed E-state index contributed by atoms with van der Waals surface area (Å²) in [5, 5.41) is 2.84. The molecule has 0 bridgehead atoms. The molecule has 1 aromatic carbocycles. The summed E-state index contributed by atoms with van der Waals surface area (Å²) in [5.74, 6) is 0.287. The first-order valence-corrected chi connectivity index (χ1v) is 8.09. The third-order valence-corrected chi connectivity index (χ3v) is 4.50. The number of amides is 1. The van der Waals surface area contributed by atoms with Crippen molar-refractivity contribution in [3.8, 4) is 0 Å². The molecule has 0 spiro atoms. The monoisotopic (exact) mass is 282 g/mol. The summed E-state index contributed by atoms with van der Waals surface area (Å²) in [6.07, 6.45) is 3.04. The molecule has 0 saturated heterocycles. The topological polar surface area (TPSA) is 89.3 Å². The number of rotatable bonds is 4. The second kappa shape index (κ2) is 5.30. The molecule has 0 aliphatic heterocycles. The van der Waals surface area contributed by atoms with Crippen LogP contribution in [0.15, 0.2) is 29.2 Å². The van der Waals surface area contributed by atoms with Crippen LogP contribution in [0.1, 0.15) is 23.2 Å². The number of hydrogen-bond donors (Lipinski definition) is 2. The van der Waals surface area contributed by atoms with Gasteiger partial charge in [0.05, 0.1) is 4.90 Å². The summed E-state index contributed by atoms with van der Waals surface area (Å²) in [7, 11) is -3.22. The number of hydrogen-bond acceptors (Lipinski definition) is 4. The maximum Gasteiger partial charge on any atom is 0.251 e. The molecule has 1 aliphatic carbocycles. The number of nitrogens with one attached hydrogen (secondary N) is 1. The van der Waals surface area contributed by atoms with Gasteiger partial charge in [0.2, 0.25) is 0 Å². The SMILES string of the molecule is CS(=O)(=O)c1ccc(C(=O)NCC2CC(N)C2)cc1. The van der Waals surface area contributed by atoms with Crippen LogP contribution < -0.4 is 11.1 Å². The molecule has 19 heavy (non-hydrogen) atoms. The average Bonchev–Trinajstić information content (AvgIpc) is 2.32. The highest BCUT2D eigenvalue weighted by Gasteiger charge is 2.25. The Morgan fingerprint density at radius 2 is 1.89 bits per heavy atom. The van der Waals surface area contributed by atoms with Crippen LogP contribution >= 0.6 is 0 Å². The van der Waals surface area contributed by atoms with Crippen molar-refractivity contribution in [1.82, 2.24) is 5.32 Å². The fraction of sp³-hybridized carbons (Fsp3) is 0.462. The fourth-order valence-electron chi connectivity index (χ4n) is 2.15. The minimum atomic E-state index is -3.22. The summed E-state index contributed by atoms with van der Waals surface area (Å²) < 4.78 is 22.6. The van der Waals surface area contributed by atoms with E-state index in [0.29, 0.717) is 18.0 Å². The van der Waals surface area contributed by atoms with Gasteiger partial charge in [0.25, 0.3) is 5.91 Å². The molecule has 0 aromatic heterocycles. The molecule has 0 unspecified atom stereocenters. The van der Waals surface area contributed by atoms with E-state index in [0.717, 1.165) is 19.1 Å². The van der Waals surface area contributed by atoms with E-state index in [4.69, 9.17) is 5.73 Å². The van der Waals surface area contributed by atoms with E-state index in [1.165, 1.54) is 24.3 Å². The number of sulfone groups is 1. The zero-order valence-electron chi connectivity index (χ0n) is 10.8. The second-order valence-corrected chi connectivity index (χ2v) is 7.12. The van der Waals surface area contributed by atoms with Crippen LogP contribution in [0.5, 0.6) is 0 Å². The van der Waals surface area contributed by atoms with Gasteiger partial charge in [0.1, 0.15) is 0 Å². The van der Waals surface area contributed by atoms with Gasteiger partial charge in [-0.3, -0.25) is 4.79 Å². The lowest BCUT2D eigenvalue weighted by Crippen LogP contribution is -2.42. The molecule has 0 atom stereocenters. The highest BCUT2D eigenvalue weighted by Crippen LogP contribution is 2.24. The summed E-state index contributed by atoms with van der Waals surface area (Å²) in [6.45, 7) is 0.625. The van der Waals surface area contributed by atoms with Crippen LogP contribution in [-0.4, -0.2) is 33.2 Å². The van der Waals surface area contributed by atoms with Crippen LogP contribution in [0.4, 0.5) is 0 Å². The predicted octanol–water partition coefficient (Wildman–Crippen LogP) is 0.557. The summed E-state index contributed by atoms with van der Waals surface area (Å²) >= 11 is 0. The Bertz CT molecular complexity index is 560. The zero-order chi connectivity index (χ0) is 14.0. The minimum absolute atomic E-state index is 0.180. The number of carbonyl (C=O) groups excluding carboxylic acids is 1. The predicted molar refractivity (Wildman–Crippen MR) is 72.6 cm³/mol. The van der Waals surface area contributed by atoms with Gasteiger partial charge in [-0.25, -0.2) is 8.42 Å². The Kier molecular flexibility index (Phi) is 3.91. The fourth-order valence-corrected chi connectivity index (χ4v) is 2.78. The van der Waals surface area contributed by atoms with E-state index in [9.17, 15) is 13.2 Å². The first-order chi connectivity index (χ1) is 8.86. The van der Waals surface area contributed by atoms with Crippen molar-refractivity contribution in [1.29, 1.82) is 0 Å². The normalized spacial score (nSPS) is 22.6. The van der Waals surface area contributed by atoms with Crippen LogP contribution in [0.3, 0.4) is 0 Å². The largest absolute Gasteiger partial charge is 0.352 e. The van der Waals surface area contributed by atoms with Crippen molar-refractivity contribution in [2.45, 2.75) is 23.8 Å². The van der Waals surface area contributed by atoms with Gasteiger partial charge in [0.15, 0.2) is 9.84 Å². The van der Waals surface area contributed by atoms with E-state index >= 15 is 0 Å². The molecule has 2 rings (SSSR count). The van der Waals surface area contributed by atoms with Gasteiger partial charge in [-0.2, -0.15) is 0 Å². The van der Waals surface area contributed by atoms with Gasteiger partial charge in [0, 0.05) is 24.4 Å². The van der Waals surface area contributed by atoms with Gasteiger partial charge in [-0.05, 0) is 43.0 Å². The van der Waals surface area contributed by atoms with Crippen molar-refractivity contribution in [2.24, 2.45) is 11.7 Å². The Morgan fingerprint density at radius 1 is 1.32 bits per heavy atom.